The van der Waals surface area contributed by atoms with Crippen LogP contribution in [0, 0.1) is 0 Å². The zero-order chi connectivity index (χ0) is 14.0. The molecule has 110 valence electrons. The number of unbranched alkanes of at least 4 members (excludes halogenated alkanes) is 1. The number of ether oxygens (including phenoxy) is 1. The largest absolute Gasteiger partial charge is 0.381 e. The van der Waals surface area contributed by atoms with Gasteiger partial charge in [0.25, 0.3) is 0 Å². The fourth-order valence-corrected chi connectivity index (χ4v) is 2.60. The van der Waals surface area contributed by atoms with Crippen LogP contribution in [-0.4, -0.2) is 29.3 Å². The molecule has 0 unspecified atom stereocenters. The Labute approximate surface area is 124 Å². The highest BCUT2D eigenvalue weighted by Gasteiger charge is 2.04. The molecule has 1 N–H and O–H groups in total. The van der Waals surface area contributed by atoms with E-state index in [2.05, 4.69) is 40.1 Å². The topological polar surface area (TPSA) is 39.1 Å². The maximum absolute atomic E-state index is 5.54. The van der Waals surface area contributed by atoms with Gasteiger partial charge in [-0.3, -0.25) is 4.57 Å². The van der Waals surface area contributed by atoms with Crippen molar-refractivity contribution in [3.8, 4) is 5.13 Å². The number of nitrogens with zero attached hydrogens (tertiary/aromatic N) is 2. The van der Waals surface area contributed by atoms with Gasteiger partial charge in [-0.1, -0.05) is 13.3 Å². The van der Waals surface area contributed by atoms with E-state index in [0.717, 1.165) is 44.3 Å². The lowest BCUT2D eigenvalue weighted by Crippen LogP contribution is -2.18. The third-order valence-corrected chi connectivity index (χ3v) is 3.82. The van der Waals surface area contributed by atoms with E-state index in [9.17, 15) is 0 Å². The highest BCUT2D eigenvalue weighted by molar-refractivity contribution is 7.12. The van der Waals surface area contributed by atoms with Gasteiger partial charge < -0.3 is 10.1 Å². The van der Waals surface area contributed by atoms with Gasteiger partial charge in [-0.05, 0) is 31.5 Å². The number of hydrogen-bond acceptors (Lipinski definition) is 4. The first-order chi connectivity index (χ1) is 9.92. The van der Waals surface area contributed by atoms with Gasteiger partial charge in [-0.15, -0.1) is 11.3 Å². The third kappa shape index (κ3) is 4.74. The predicted molar refractivity (Wildman–Crippen MR) is 83.5 cm³/mol. The lowest BCUT2D eigenvalue weighted by atomic mass is 10.3. The molecular weight excluding hydrogens is 270 g/mol. The molecule has 0 atom stereocenters. The average Bonchev–Trinajstić information content (AvgIpc) is 3.11. The molecule has 0 fully saturated rings. The van der Waals surface area contributed by atoms with Crippen LogP contribution in [0.5, 0.6) is 0 Å². The Kier molecular flexibility index (Phi) is 6.77. The molecule has 0 spiro atoms. The van der Waals surface area contributed by atoms with Crippen LogP contribution in [0.1, 0.15) is 31.9 Å². The molecule has 2 aromatic rings. The van der Waals surface area contributed by atoms with Gasteiger partial charge in [0.2, 0.25) is 0 Å². The monoisotopic (exact) mass is 293 g/mol. The summed E-state index contributed by atoms with van der Waals surface area (Å²) in [6, 6.07) is 4.19. The van der Waals surface area contributed by atoms with Gasteiger partial charge >= 0.3 is 0 Å². The Balaban J connectivity index is 1.64. The summed E-state index contributed by atoms with van der Waals surface area (Å²) in [4.78, 5) is 4.34. The Bertz CT molecular complexity index is 467. The van der Waals surface area contributed by atoms with Crippen molar-refractivity contribution in [1.82, 2.24) is 14.9 Å². The van der Waals surface area contributed by atoms with Crippen LogP contribution in [-0.2, 0) is 11.3 Å². The van der Waals surface area contributed by atoms with E-state index in [4.69, 9.17) is 4.74 Å². The molecule has 2 aromatic heterocycles. The molecule has 0 saturated heterocycles. The summed E-state index contributed by atoms with van der Waals surface area (Å²) in [5.41, 5.74) is 1.24. The predicted octanol–water partition coefficient (Wildman–Crippen LogP) is 3.23. The molecule has 0 aliphatic rings. The van der Waals surface area contributed by atoms with E-state index >= 15 is 0 Å². The second-order valence-corrected chi connectivity index (χ2v) is 5.55. The van der Waals surface area contributed by atoms with Crippen LogP contribution in [0.2, 0.25) is 0 Å². The number of aromatic nitrogens is 2. The summed E-state index contributed by atoms with van der Waals surface area (Å²) < 4.78 is 7.67. The fourth-order valence-electron chi connectivity index (χ4n) is 1.95. The van der Waals surface area contributed by atoms with E-state index in [-0.39, 0.29) is 0 Å². The van der Waals surface area contributed by atoms with Crippen molar-refractivity contribution in [2.45, 2.75) is 32.7 Å². The van der Waals surface area contributed by atoms with E-state index in [0.29, 0.717) is 0 Å². The molecule has 0 aliphatic heterocycles. The lowest BCUT2D eigenvalue weighted by molar-refractivity contribution is 0.128. The molecular formula is C15H23N3OS. The molecule has 5 heteroatoms. The highest BCUT2D eigenvalue weighted by Crippen LogP contribution is 2.14. The van der Waals surface area contributed by atoms with Gasteiger partial charge in [-0.25, -0.2) is 4.98 Å². The summed E-state index contributed by atoms with van der Waals surface area (Å²) in [5.74, 6) is 0. The Morgan fingerprint density at radius 3 is 3.05 bits per heavy atom. The van der Waals surface area contributed by atoms with Crippen molar-refractivity contribution in [3.05, 3.63) is 35.6 Å². The summed E-state index contributed by atoms with van der Waals surface area (Å²) in [6.07, 6.45) is 7.32. The van der Waals surface area contributed by atoms with Crippen LogP contribution < -0.4 is 5.32 Å². The minimum Gasteiger partial charge on any atom is -0.381 e. The van der Waals surface area contributed by atoms with E-state index in [1.54, 1.807) is 11.3 Å². The first-order valence-electron chi connectivity index (χ1n) is 7.26. The highest BCUT2D eigenvalue weighted by atomic mass is 32.1. The second kappa shape index (κ2) is 8.89. The maximum atomic E-state index is 5.54. The normalized spacial score (nSPS) is 11.1. The Morgan fingerprint density at radius 2 is 2.25 bits per heavy atom. The second-order valence-electron chi connectivity index (χ2n) is 4.68. The third-order valence-electron chi connectivity index (χ3n) is 3.05. The summed E-state index contributed by atoms with van der Waals surface area (Å²) in [7, 11) is 0. The molecule has 0 saturated carbocycles. The van der Waals surface area contributed by atoms with Crippen LogP contribution in [0.15, 0.2) is 29.9 Å². The standard InChI is InChI=1S/C15H23N3OS/c1-2-3-10-19-11-5-7-16-13-14-6-4-9-18(14)15-17-8-12-20-15/h4,6,8-9,12,16H,2-3,5,7,10-11,13H2,1H3. The first kappa shape index (κ1) is 15.2. The quantitative estimate of drug-likeness (QED) is 0.684. The summed E-state index contributed by atoms with van der Waals surface area (Å²) in [5, 5.41) is 6.48. The number of nitrogens with one attached hydrogen (secondary N) is 1. The zero-order valence-corrected chi connectivity index (χ0v) is 12.9. The molecule has 0 amide bonds. The maximum Gasteiger partial charge on any atom is 0.193 e. The molecule has 0 bridgehead atoms. The minimum absolute atomic E-state index is 0.848. The molecule has 0 aromatic carbocycles. The number of hydrogen-bond donors (Lipinski definition) is 1. The van der Waals surface area contributed by atoms with E-state index in [1.807, 2.05) is 11.6 Å². The molecule has 20 heavy (non-hydrogen) atoms. The summed E-state index contributed by atoms with van der Waals surface area (Å²) >= 11 is 1.65. The average molecular weight is 293 g/mol. The minimum atomic E-state index is 0.848. The smallest absolute Gasteiger partial charge is 0.193 e. The van der Waals surface area contributed by atoms with Gasteiger partial charge in [0.15, 0.2) is 5.13 Å². The SMILES string of the molecule is CCCCOCCCNCc1cccn1-c1nccs1. The van der Waals surface area contributed by atoms with Crippen LogP contribution in [0.3, 0.4) is 0 Å². The van der Waals surface area contributed by atoms with Crippen molar-refractivity contribution >= 4 is 11.3 Å². The van der Waals surface area contributed by atoms with E-state index < -0.39 is 0 Å². The molecule has 2 heterocycles. The van der Waals surface area contributed by atoms with Crippen LogP contribution in [0.4, 0.5) is 0 Å². The molecule has 0 aliphatic carbocycles. The van der Waals surface area contributed by atoms with Crippen molar-refractivity contribution < 1.29 is 4.74 Å². The fraction of sp³-hybridized carbons (Fsp3) is 0.533. The van der Waals surface area contributed by atoms with Crippen LogP contribution in [0.25, 0.3) is 5.13 Å². The van der Waals surface area contributed by atoms with Crippen molar-refractivity contribution in [2.75, 3.05) is 19.8 Å². The van der Waals surface area contributed by atoms with Gasteiger partial charge in [0, 0.05) is 43.2 Å². The summed E-state index contributed by atoms with van der Waals surface area (Å²) in [6.45, 7) is 5.77. The molecule has 2 rings (SSSR count). The Morgan fingerprint density at radius 1 is 1.35 bits per heavy atom. The Hall–Kier alpha value is -1.17. The van der Waals surface area contributed by atoms with Gasteiger partial charge in [0.1, 0.15) is 0 Å². The number of rotatable bonds is 10. The van der Waals surface area contributed by atoms with Crippen molar-refractivity contribution in [1.29, 1.82) is 0 Å². The van der Waals surface area contributed by atoms with Gasteiger partial charge in [0.05, 0.1) is 0 Å². The van der Waals surface area contributed by atoms with Gasteiger partial charge in [-0.2, -0.15) is 0 Å². The van der Waals surface area contributed by atoms with Crippen molar-refractivity contribution in [3.63, 3.8) is 0 Å². The molecule has 0 radical (unpaired) electrons. The van der Waals surface area contributed by atoms with Crippen molar-refractivity contribution in [2.24, 2.45) is 0 Å². The first-order valence-corrected chi connectivity index (χ1v) is 8.14. The van der Waals surface area contributed by atoms with E-state index in [1.165, 1.54) is 12.1 Å². The number of thiazole rings is 1. The van der Waals surface area contributed by atoms with Crippen LogP contribution >= 0.6 is 11.3 Å². The zero-order valence-electron chi connectivity index (χ0n) is 12.0. The molecule has 4 nitrogen and oxygen atoms in total. The lowest BCUT2D eigenvalue weighted by Gasteiger charge is -2.08.